The topological polar surface area (TPSA) is 33.7 Å². The summed E-state index contributed by atoms with van der Waals surface area (Å²) in [6.07, 6.45) is 1.10. The van der Waals surface area contributed by atoms with E-state index in [9.17, 15) is 4.39 Å². The molecule has 4 nitrogen and oxygen atoms in total. The summed E-state index contributed by atoms with van der Waals surface area (Å²) in [6, 6.07) is 10.3. The molecule has 8 heteroatoms. The second-order valence-electron chi connectivity index (χ2n) is 6.36. The van der Waals surface area contributed by atoms with Crippen molar-refractivity contribution < 1.29 is 13.9 Å². The van der Waals surface area contributed by atoms with Crippen LogP contribution in [0.5, 0.6) is 11.5 Å². The monoisotopic (exact) mass is 496 g/mol. The Morgan fingerprint density at radius 2 is 1.75 bits per heavy atom. The van der Waals surface area contributed by atoms with Crippen LogP contribution in [-0.4, -0.2) is 39.2 Å². The molecule has 0 aliphatic heterocycles. The van der Waals surface area contributed by atoms with Crippen molar-refractivity contribution in [3.05, 3.63) is 57.8 Å². The van der Waals surface area contributed by atoms with Crippen LogP contribution in [0, 0.1) is 5.82 Å². The average Bonchev–Trinajstić information content (AvgIpc) is 2.61. The fraction of sp³-hybridized carbons (Fsp3) is 0.400. The molecule has 28 heavy (non-hydrogen) atoms. The number of ether oxygens (including phenoxy) is 2. The highest BCUT2D eigenvalue weighted by atomic mass is 79.9. The van der Waals surface area contributed by atoms with Crippen LogP contribution in [0.15, 0.2) is 40.9 Å². The Bertz CT molecular complexity index is 703. The number of rotatable bonds is 10. The van der Waals surface area contributed by atoms with Gasteiger partial charge < -0.3 is 19.7 Å². The van der Waals surface area contributed by atoms with E-state index in [0.29, 0.717) is 18.1 Å². The first-order valence-electron chi connectivity index (χ1n) is 8.58. The lowest BCUT2D eigenvalue weighted by atomic mass is 10.2. The van der Waals surface area contributed by atoms with Gasteiger partial charge in [0.2, 0.25) is 0 Å². The van der Waals surface area contributed by atoms with E-state index >= 15 is 0 Å². The summed E-state index contributed by atoms with van der Waals surface area (Å²) in [5, 5.41) is 3.44. The SMILES string of the molecule is COc1cc(CNCCCN(C)C)cc(Br)c1OCc1ccc(F)cc1.Cl.Cl. The van der Waals surface area contributed by atoms with Crippen molar-refractivity contribution in [1.29, 1.82) is 0 Å². The molecule has 158 valence electrons. The van der Waals surface area contributed by atoms with Gasteiger partial charge in [-0.15, -0.1) is 24.8 Å². The van der Waals surface area contributed by atoms with Crippen molar-refractivity contribution in [2.75, 3.05) is 34.3 Å². The highest BCUT2D eigenvalue weighted by molar-refractivity contribution is 9.10. The maximum Gasteiger partial charge on any atom is 0.175 e. The molecule has 0 heterocycles. The van der Waals surface area contributed by atoms with Crippen LogP contribution in [0.25, 0.3) is 0 Å². The summed E-state index contributed by atoms with van der Waals surface area (Å²) in [5.74, 6) is 1.06. The van der Waals surface area contributed by atoms with Crippen LogP contribution >= 0.6 is 40.7 Å². The van der Waals surface area contributed by atoms with Gasteiger partial charge in [-0.25, -0.2) is 4.39 Å². The lowest BCUT2D eigenvalue weighted by Crippen LogP contribution is -2.21. The second kappa shape index (κ2) is 14.0. The molecular weight excluding hydrogens is 470 g/mol. The third kappa shape index (κ3) is 8.97. The molecule has 0 atom stereocenters. The Hall–Kier alpha value is -1.05. The van der Waals surface area contributed by atoms with E-state index in [1.54, 1.807) is 19.2 Å². The van der Waals surface area contributed by atoms with Crippen molar-refractivity contribution in [1.82, 2.24) is 10.2 Å². The van der Waals surface area contributed by atoms with Crippen molar-refractivity contribution in [3.8, 4) is 11.5 Å². The van der Waals surface area contributed by atoms with Gasteiger partial charge in [-0.05, 0) is 84.9 Å². The molecule has 0 bridgehead atoms. The fourth-order valence-corrected chi connectivity index (χ4v) is 3.11. The Kier molecular flexibility index (Phi) is 13.5. The molecule has 0 fully saturated rings. The van der Waals surface area contributed by atoms with Crippen molar-refractivity contribution in [3.63, 3.8) is 0 Å². The maximum absolute atomic E-state index is 13.0. The summed E-state index contributed by atoms with van der Waals surface area (Å²) in [5.41, 5.74) is 2.01. The van der Waals surface area contributed by atoms with Gasteiger partial charge >= 0.3 is 0 Å². The van der Waals surface area contributed by atoms with E-state index in [-0.39, 0.29) is 30.6 Å². The third-order valence-electron chi connectivity index (χ3n) is 3.87. The minimum absolute atomic E-state index is 0. The van der Waals surface area contributed by atoms with Gasteiger partial charge in [0.25, 0.3) is 0 Å². The Labute approximate surface area is 187 Å². The number of methoxy groups -OCH3 is 1. The standard InChI is InChI=1S/C20H26BrFN2O2.2ClH/c1-24(2)10-4-9-23-13-16-11-18(21)20(19(12-16)25-3)26-14-15-5-7-17(22)8-6-15;;/h5-8,11-12,23H,4,9-10,13-14H2,1-3H3;2*1H. The summed E-state index contributed by atoms with van der Waals surface area (Å²) in [7, 11) is 5.78. The quantitative estimate of drug-likeness (QED) is 0.465. The largest absolute Gasteiger partial charge is 0.493 e. The lowest BCUT2D eigenvalue weighted by Gasteiger charge is -2.15. The first-order valence-corrected chi connectivity index (χ1v) is 9.38. The Morgan fingerprint density at radius 1 is 1.07 bits per heavy atom. The van der Waals surface area contributed by atoms with Gasteiger partial charge in [0.1, 0.15) is 12.4 Å². The Morgan fingerprint density at radius 3 is 2.36 bits per heavy atom. The van der Waals surface area contributed by atoms with E-state index in [2.05, 4.69) is 40.2 Å². The molecule has 2 aromatic rings. The number of hydrogen-bond donors (Lipinski definition) is 1. The van der Waals surface area contributed by atoms with Gasteiger partial charge in [0.15, 0.2) is 11.5 Å². The molecule has 0 saturated carbocycles. The number of hydrogen-bond acceptors (Lipinski definition) is 4. The average molecular weight is 498 g/mol. The fourth-order valence-electron chi connectivity index (χ4n) is 2.50. The van der Waals surface area contributed by atoms with Crippen LogP contribution in [0.2, 0.25) is 0 Å². The van der Waals surface area contributed by atoms with E-state index < -0.39 is 0 Å². The number of halogens is 4. The molecule has 0 unspecified atom stereocenters. The summed E-state index contributed by atoms with van der Waals surface area (Å²) < 4.78 is 25.2. The van der Waals surface area contributed by atoms with Crippen LogP contribution in [0.4, 0.5) is 4.39 Å². The molecule has 0 aliphatic carbocycles. The summed E-state index contributed by atoms with van der Waals surface area (Å²) >= 11 is 3.57. The van der Waals surface area contributed by atoms with E-state index in [4.69, 9.17) is 9.47 Å². The zero-order valence-corrected chi connectivity index (χ0v) is 19.6. The molecular formula is C20H28BrCl2FN2O2. The van der Waals surface area contributed by atoms with E-state index in [0.717, 1.165) is 41.7 Å². The third-order valence-corrected chi connectivity index (χ3v) is 4.46. The van der Waals surface area contributed by atoms with Crippen LogP contribution < -0.4 is 14.8 Å². The highest BCUT2D eigenvalue weighted by Crippen LogP contribution is 2.37. The maximum atomic E-state index is 13.0. The van der Waals surface area contributed by atoms with Crippen LogP contribution in [0.1, 0.15) is 17.5 Å². The molecule has 0 spiro atoms. The molecule has 0 saturated heterocycles. The lowest BCUT2D eigenvalue weighted by molar-refractivity contribution is 0.282. The van der Waals surface area contributed by atoms with E-state index in [1.807, 2.05) is 12.1 Å². The number of benzene rings is 2. The number of nitrogens with zero attached hydrogens (tertiary/aromatic N) is 1. The molecule has 2 rings (SSSR count). The van der Waals surface area contributed by atoms with Crippen molar-refractivity contribution >= 4 is 40.7 Å². The van der Waals surface area contributed by atoms with Gasteiger partial charge in [0, 0.05) is 6.54 Å². The molecule has 0 aromatic heterocycles. The van der Waals surface area contributed by atoms with Gasteiger partial charge in [0.05, 0.1) is 11.6 Å². The van der Waals surface area contributed by atoms with Gasteiger partial charge in [-0.1, -0.05) is 12.1 Å². The van der Waals surface area contributed by atoms with Gasteiger partial charge in [-0.3, -0.25) is 0 Å². The zero-order valence-electron chi connectivity index (χ0n) is 16.3. The predicted octanol–water partition coefficient (Wildman–Crippen LogP) is 5.06. The smallest absolute Gasteiger partial charge is 0.175 e. The van der Waals surface area contributed by atoms with Gasteiger partial charge in [-0.2, -0.15) is 0 Å². The second-order valence-corrected chi connectivity index (χ2v) is 7.21. The first-order chi connectivity index (χ1) is 12.5. The zero-order chi connectivity index (χ0) is 18.9. The van der Waals surface area contributed by atoms with Crippen molar-refractivity contribution in [2.24, 2.45) is 0 Å². The molecule has 0 radical (unpaired) electrons. The van der Waals surface area contributed by atoms with E-state index in [1.165, 1.54) is 12.1 Å². The predicted molar refractivity (Wildman–Crippen MR) is 121 cm³/mol. The van der Waals surface area contributed by atoms with Crippen LogP contribution in [-0.2, 0) is 13.2 Å². The molecule has 0 amide bonds. The van der Waals surface area contributed by atoms with Crippen molar-refractivity contribution in [2.45, 2.75) is 19.6 Å². The summed E-state index contributed by atoms with van der Waals surface area (Å²) in [6.45, 7) is 3.13. The van der Waals surface area contributed by atoms with Crippen LogP contribution in [0.3, 0.4) is 0 Å². The molecule has 2 aromatic carbocycles. The highest BCUT2D eigenvalue weighted by Gasteiger charge is 2.12. The normalized spacial score (nSPS) is 10.2. The molecule has 0 aliphatic rings. The first kappa shape index (κ1) is 27.0. The Balaban J connectivity index is 0.00000364. The molecule has 1 N–H and O–H groups in total. The minimum Gasteiger partial charge on any atom is -0.493 e. The minimum atomic E-state index is -0.255. The summed E-state index contributed by atoms with van der Waals surface area (Å²) in [4.78, 5) is 2.18. The number of nitrogens with one attached hydrogen (secondary N) is 1.